The van der Waals surface area contributed by atoms with Crippen LogP contribution in [0.1, 0.15) is 26.7 Å². The zero-order chi connectivity index (χ0) is 16.3. The van der Waals surface area contributed by atoms with Crippen LogP contribution < -0.4 is 11.1 Å². The van der Waals surface area contributed by atoms with Gasteiger partial charge in [-0.25, -0.2) is 0 Å². The summed E-state index contributed by atoms with van der Waals surface area (Å²) in [5.41, 5.74) is 6.70. The summed E-state index contributed by atoms with van der Waals surface area (Å²) in [7, 11) is 0. The zero-order valence-electron chi connectivity index (χ0n) is 13.0. The number of piperidine rings is 1. The summed E-state index contributed by atoms with van der Waals surface area (Å²) in [6.45, 7) is 6.91. The normalized spacial score (nSPS) is 21.6. The first kappa shape index (κ1) is 17.5. The lowest BCUT2D eigenvalue weighted by Crippen LogP contribution is -2.52. The molecule has 0 saturated carbocycles. The summed E-state index contributed by atoms with van der Waals surface area (Å²) in [4.78, 5) is 14.4. The second-order valence-electron chi connectivity index (χ2n) is 6.55. The number of carbonyl (C=O) groups excluding carboxylic acids is 1. The molecule has 3 N–H and O–H groups in total. The number of likely N-dealkylation sites (tertiary alicyclic amines) is 1. The number of hydrogen-bond donors (Lipinski definition) is 2. The Bertz CT molecular complexity index is 528. The number of nitrogens with two attached hydrogens (primary N) is 1. The van der Waals surface area contributed by atoms with Gasteiger partial charge in [0.2, 0.25) is 5.91 Å². The summed E-state index contributed by atoms with van der Waals surface area (Å²) in [5.74, 6) is -0.0809. The minimum absolute atomic E-state index is 0.0809. The van der Waals surface area contributed by atoms with Crippen molar-refractivity contribution < 1.29 is 4.79 Å². The average molecular weight is 344 g/mol. The number of carbonyl (C=O) groups is 1. The van der Waals surface area contributed by atoms with Crippen molar-refractivity contribution in [2.24, 2.45) is 11.1 Å². The van der Waals surface area contributed by atoms with Crippen LogP contribution in [0.2, 0.25) is 10.0 Å². The van der Waals surface area contributed by atoms with Crippen LogP contribution in [0, 0.1) is 5.41 Å². The number of amides is 1. The fourth-order valence-electron chi connectivity index (χ4n) is 2.75. The molecule has 1 unspecified atom stereocenters. The fraction of sp³-hybridized carbons (Fsp3) is 0.562. The van der Waals surface area contributed by atoms with Crippen LogP contribution in [0.25, 0.3) is 0 Å². The van der Waals surface area contributed by atoms with Gasteiger partial charge in [-0.2, -0.15) is 0 Å². The number of nitrogens with zero attached hydrogens (tertiary/aromatic N) is 1. The van der Waals surface area contributed by atoms with Crippen LogP contribution >= 0.6 is 23.2 Å². The van der Waals surface area contributed by atoms with Crippen LogP contribution in [0.3, 0.4) is 0 Å². The molecule has 1 fully saturated rings. The molecular formula is C16H23Cl2N3O. The van der Waals surface area contributed by atoms with Gasteiger partial charge < -0.3 is 16.0 Å². The van der Waals surface area contributed by atoms with Gasteiger partial charge in [0, 0.05) is 25.6 Å². The van der Waals surface area contributed by atoms with Gasteiger partial charge >= 0.3 is 0 Å². The SMILES string of the molecule is CC1(C)CN(CCC(=O)Nc2c(Cl)cccc2Cl)CCC1N. The lowest BCUT2D eigenvalue weighted by atomic mass is 9.80. The number of rotatable bonds is 4. The van der Waals surface area contributed by atoms with E-state index in [9.17, 15) is 4.79 Å². The van der Waals surface area contributed by atoms with E-state index in [-0.39, 0.29) is 17.4 Å². The molecular weight excluding hydrogens is 321 g/mol. The van der Waals surface area contributed by atoms with Gasteiger partial charge in [-0.1, -0.05) is 43.1 Å². The van der Waals surface area contributed by atoms with Crippen LogP contribution in [0.5, 0.6) is 0 Å². The van der Waals surface area contributed by atoms with Gasteiger partial charge in [-0.05, 0) is 30.5 Å². The van der Waals surface area contributed by atoms with E-state index in [1.807, 2.05) is 0 Å². The van der Waals surface area contributed by atoms with Crippen molar-refractivity contribution in [3.63, 3.8) is 0 Å². The van der Waals surface area contributed by atoms with Gasteiger partial charge in [0.25, 0.3) is 0 Å². The lowest BCUT2D eigenvalue weighted by Gasteiger charge is -2.42. The van der Waals surface area contributed by atoms with Gasteiger partial charge in [-0.3, -0.25) is 4.79 Å². The van der Waals surface area contributed by atoms with Crippen molar-refractivity contribution in [1.29, 1.82) is 0 Å². The Kier molecular flexibility index (Phi) is 5.72. The summed E-state index contributed by atoms with van der Waals surface area (Å²) < 4.78 is 0. The Morgan fingerprint density at radius 2 is 2.05 bits per heavy atom. The third-order valence-corrected chi connectivity index (χ3v) is 4.90. The summed E-state index contributed by atoms with van der Waals surface area (Å²) in [6, 6.07) is 5.38. The standard InChI is InChI=1S/C16H23Cl2N3O/c1-16(2)10-21(8-6-13(16)19)9-7-14(22)20-15-11(17)4-3-5-12(15)18/h3-5,13H,6-10,19H2,1-2H3,(H,20,22). The fourth-order valence-corrected chi connectivity index (χ4v) is 3.25. The maximum absolute atomic E-state index is 12.1. The monoisotopic (exact) mass is 343 g/mol. The Hall–Kier alpha value is -0.810. The highest BCUT2D eigenvalue weighted by Crippen LogP contribution is 2.30. The molecule has 0 radical (unpaired) electrons. The molecule has 1 aliphatic rings. The predicted octanol–water partition coefficient (Wildman–Crippen LogP) is 3.38. The maximum Gasteiger partial charge on any atom is 0.225 e. The Labute approximate surface area is 141 Å². The largest absolute Gasteiger partial charge is 0.327 e. The molecule has 0 spiro atoms. The van der Waals surface area contributed by atoms with E-state index in [2.05, 4.69) is 24.1 Å². The number of anilines is 1. The molecule has 0 aromatic heterocycles. The minimum Gasteiger partial charge on any atom is -0.327 e. The summed E-state index contributed by atoms with van der Waals surface area (Å²) in [6.07, 6.45) is 1.37. The third-order valence-electron chi connectivity index (χ3n) is 4.27. The lowest BCUT2D eigenvalue weighted by molar-refractivity contribution is -0.116. The molecule has 1 amide bonds. The molecule has 1 aliphatic heterocycles. The van der Waals surface area contributed by atoms with E-state index in [1.165, 1.54) is 0 Å². The first-order valence-electron chi connectivity index (χ1n) is 7.51. The van der Waals surface area contributed by atoms with Crippen molar-refractivity contribution in [3.8, 4) is 0 Å². The minimum atomic E-state index is -0.0809. The molecule has 1 atom stereocenters. The molecule has 2 rings (SSSR count). The van der Waals surface area contributed by atoms with Gasteiger partial charge in [0.1, 0.15) is 0 Å². The first-order valence-corrected chi connectivity index (χ1v) is 8.27. The highest BCUT2D eigenvalue weighted by molar-refractivity contribution is 6.39. The van der Waals surface area contributed by atoms with Crippen molar-refractivity contribution >= 4 is 34.8 Å². The maximum atomic E-state index is 12.1. The molecule has 6 heteroatoms. The Balaban J connectivity index is 1.86. The van der Waals surface area contributed by atoms with E-state index in [0.29, 0.717) is 28.7 Å². The van der Waals surface area contributed by atoms with E-state index in [0.717, 1.165) is 19.5 Å². The van der Waals surface area contributed by atoms with Gasteiger partial charge in [0.05, 0.1) is 15.7 Å². The number of benzene rings is 1. The molecule has 1 aromatic rings. The smallest absolute Gasteiger partial charge is 0.225 e. The van der Waals surface area contributed by atoms with E-state index >= 15 is 0 Å². The quantitative estimate of drug-likeness (QED) is 0.880. The average Bonchev–Trinajstić information content (AvgIpc) is 2.44. The summed E-state index contributed by atoms with van der Waals surface area (Å²) in [5, 5.41) is 3.69. The van der Waals surface area contributed by atoms with E-state index < -0.39 is 0 Å². The van der Waals surface area contributed by atoms with Crippen molar-refractivity contribution in [2.75, 3.05) is 25.0 Å². The number of nitrogens with one attached hydrogen (secondary N) is 1. The van der Waals surface area contributed by atoms with Crippen LogP contribution in [-0.2, 0) is 4.79 Å². The third kappa shape index (κ3) is 4.35. The first-order chi connectivity index (χ1) is 10.3. The van der Waals surface area contributed by atoms with E-state index in [4.69, 9.17) is 28.9 Å². The van der Waals surface area contributed by atoms with Crippen molar-refractivity contribution in [1.82, 2.24) is 4.90 Å². The second-order valence-corrected chi connectivity index (χ2v) is 7.37. The summed E-state index contributed by atoms with van der Waals surface area (Å²) >= 11 is 12.1. The number of hydrogen-bond acceptors (Lipinski definition) is 3. The zero-order valence-corrected chi connectivity index (χ0v) is 14.5. The van der Waals surface area contributed by atoms with Crippen molar-refractivity contribution in [3.05, 3.63) is 28.2 Å². The van der Waals surface area contributed by atoms with Crippen LogP contribution in [-0.4, -0.2) is 36.5 Å². The molecule has 22 heavy (non-hydrogen) atoms. The van der Waals surface area contributed by atoms with Crippen LogP contribution in [0.4, 0.5) is 5.69 Å². The molecule has 1 aromatic carbocycles. The predicted molar refractivity (Wildman–Crippen MR) is 92.5 cm³/mol. The Morgan fingerprint density at radius 3 is 2.64 bits per heavy atom. The highest BCUT2D eigenvalue weighted by atomic mass is 35.5. The molecule has 1 heterocycles. The molecule has 122 valence electrons. The van der Waals surface area contributed by atoms with E-state index in [1.54, 1.807) is 18.2 Å². The van der Waals surface area contributed by atoms with Crippen LogP contribution in [0.15, 0.2) is 18.2 Å². The molecule has 0 bridgehead atoms. The Morgan fingerprint density at radius 1 is 1.41 bits per heavy atom. The second kappa shape index (κ2) is 7.18. The highest BCUT2D eigenvalue weighted by Gasteiger charge is 2.33. The molecule has 0 aliphatic carbocycles. The molecule has 1 saturated heterocycles. The topological polar surface area (TPSA) is 58.4 Å². The van der Waals surface area contributed by atoms with Gasteiger partial charge in [-0.15, -0.1) is 0 Å². The van der Waals surface area contributed by atoms with Crippen molar-refractivity contribution in [2.45, 2.75) is 32.7 Å². The number of para-hydroxylation sites is 1. The number of halogens is 2. The van der Waals surface area contributed by atoms with Gasteiger partial charge in [0.15, 0.2) is 0 Å². The molecule has 4 nitrogen and oxygen atoms in total.